The molecule has 0 aliphatic heterocycles. The van der Waals surface area contributed by atoms with Gasteiger partial charge in [-0.05, 0) is 13.8 Å². The molecule has 2 unspecified atom stereocenters. The third kappa shape index (κ3) is 2.46. The third-order valence-corrected chi connectivity index (χ3v) is 1.83. The van der Waals surface area contributed by atoms with Crippen LogP contribution in [0.25, 0.3) is 0 Å². The van der Waals surface area contributed by atoms with Gasteiger partial charge in [0.05, 0.1) is 0 Å². The number of alkyl halides is 1. The standard InChI is InChI=1S/C4H7ClF4N2/c1-3(10(6)7)4(2,5)11(8)9/h3H,1-2H3. The number of nitrogens with zero attached hydrogens (tertiary/aromatic N) is 2. The summed E-state index contributed by atoms with van der Waals surface area (Å²) >= 11 is 5.07. The topological polar surface area (TPSA) is 6.48 Å². The van der Waals surface area contributed by atoms with E-state index in [1.807, 2.05) is 0 Å². The van der Waals surface area contributed by atoms with Crippen molar-refractivity contribution in [2.75, 3.05) is 0 Å². The molecule has 2 atom stereocenters. The molecule has 0 bridgehead atoms. The van der Waals surface area contributed by atoms with E-state index in [1.54, 1.807) is 0 Å². The summed E-state index contributed by atoms with van der Waals surface area (Å²) in [6, 6.07) is -1.75. The van der Waals surface area contributed by atoms with Crippen LogP contribution in [0.4, 0.5) is 17.9 Å². The van der Waals surface area contributed by atoms with Crippen LogP contribution in [0.3, 0.4) is 0 Å². The van der Waals surface area contributed by atoms with E-state index in [2.05, 4.69) is 0 Å². The molecule has 0 aromatic heterocycles. The van der Waals surface area contributed by atoms with Gasteiger partial charge in [-0.25, -0.2) is 0 Å². The van der Waals surface area contributed by atoms with E-state index < -0.39 is 21.7 Å². The molecule has 0 amide bonds. The van der Waals surface area contributed by atoms with Gasteiger partial charge in [-0.3, -0.25) is 0 Å². The Morgan fingerprint density at radius 3 is 1.73 bits per heavy atom. The van der Waals surface area contributed by atoms with E-state index in [-0.39, 0.29) is 0 Å². The summed E-state index contributed by atoms with van der Waals surface area (Å²) in [7, 11) is 0. The van der Waals surface area contributed by atoms with Crippen molar-refractivity contribution < 1.29 is 17.9 Å². The van der Waals surface area contributed by atoms with E-state index in [9.17, 15) is 17.9 Å². The second-order valence-electron chi connectivity index (χ2n) is 2.19. The maximum absolute atomic E-state index is 11.8. The largest absolute Gasteiger partial charge is 0.174 e. The quantitative estimate of drug-likeness (QED) is 0.295. The van der Waals surface area contributed by atoms with Crippen LogP contribution in [0.2, 0.25) is 0 Å². The molecular formula is C4H7ClF4N2. The monoisotopic (exact) mass is 194 g/mol. The second-order valence-corrected chi connectivity index (χ2v) is 2.96. The fraction of sp³-hybridized carbons (Fsp3) is 1.00. The van der Waals surface area contributed by atoms with Gasteiger partial charge in [0.1, 0.15) is 6.04 Å². The van der Waals surface area contributed by atoms with E-state index in [0.29, 0.717) is 0 Å². The molecule has 0 heterocycles. The molecule has 0 aliphatic carbocycles. The first-order valence-corrected chi connectivity index (χ1v) is 3.09. The fourth-order valence-corrected chi connectivity index (χ4v) is 0.393. The molecule has 0 fully saturated rings. The summed E-state index contributed by atoms with van der Waals surface area (Å²) in [5.74, 6) is 0. The van der Waals surface area contributed by atoms with Crippen LogP contribution in [0.5, 0.6) is 0 Å². The molecule has 68 valence electrons. The third-order valence-electron chi connectivity index (χ3n) is 1.39. The van der Waals surface area contributed by atoms with Crippen LogP contribution in [0, 0.1) is 0 Å². The van der Waals surface area contributed by atoms with Gasteiger partial charge in [-0.1, -0.05) is 20.6 Å². The Hall–Kier alpha value is -0.0700. The summed E-state index contributed by atoms with van der Waals surface area (Å²) in [4.78, 5) is -2.37. The smallest absolute Gasteiger partial charge is 0.101 e. The maximum Gasteiger partial charge on any atom is 0.174 e. The van der Waals surface area contributed by atoms with Crippen molar-refractivity contribution >= 4 is 11.6 Å². The highest BCUT2D eigenvalue weighted by Gasteiger charge is 2.42. The first-order chi connectivity index (χ1) is 4.80. The number of hydrogen-bond acceptors (Lipinski definition) is 2. The SMILES string of the molecule is CC(N(F)F)C(C)(Cl)N(F)F. The van der Waals surface area contributed by atoms with Gasteiger partial charge in [0.25, 0.3) is 0 Å². The molecule has 7 heteroatoms. The summed E-state index contributed by atoms with van der Waals surface area (Å²) in [6.07, 6.45) is 0. The molecule has 0 rings (SSSR count). The highest BCUT2D eigenvalue weighted by atomic mass is 35.5. The van der Waals surface area contributed by atoms with Crippen molar-refractivity contribution in [2.24, 2.45) is 0 Å². The Kier molecular flexibility index (Phi) is 3.53. The number of rotatable bonds is 3. The highest BCUT2D eigenvalue weighted by Crippen LogP contribution is 2.29. The Labute approximate surface area is 66.1 Å². The number of halogens is 5. The minimum atomic E-state index is -2.37. The van der Waals surface area contributed by atoms with Crippen LogP contribution >= 0.6 is 11.6 Å². The van der Waals surface area contributed by atoms with E-state index in [1.165, 1.54) is 0 Å². The van der Waals surface area contributed by atoms with Gasteiger partial charge in [-0.15, -0.1) is 8.96 Å². The van der Waals surface area contributed by atoms with Crippen molar-refractivity contribution in [1.29, 1.82) is 0 Å². The fourth-order valence-electron chi connectivity index (χ4n) is 0.319. The molecule has 0 N–H and O–H groups in total. The Morgan fingerprint density at radius 2 is 1.64 bits per heavy atom. The van der Waals surface area contributed by atoms with E-state index >= 15 is 0 Å². The van der Waals surface area contributed by atoms with Gasteiger partial charge in [0, 0.05) is 10.7 Å². The molecule has 0 aliphatic rings. The van der Waals surface area contributed by atoms with Crippen LogP contribution in [-0.4, -0.2) is 21.7 Å². The summed E-state index contributed by atoms with van der Waals surface area (Å²) in [6.45, 7) is 1.69. The molecule has 0 aromatic rings. The zero-order valence-electron chi connectivity index (χ0n) is 5.86. The number of hydrogen-bond donors (Lipinski definition) is 0. The van der Waals surface area contributed by atoms with Crippen molar-refractivity contribution in [3.05, 3.63) is 0 Å². The van der Waals surface area contributed by atoms with Gasteiger partial charge < -0.3 is 0 Å². The van der Waals surface area contributed by atoms with Crippen molar-refractivity contribution in [3.63, 3.8) is 0 Å². The molecule has 0 aromatic carbocycles. The molecule has 0 radical (unpaired) electrons. The normalized spacial score (nSPS) is 20.5. The zero-order valence-corrected chi connectivity index (χ0v) is 6.62. The molecule has 0 saturated heterocycles. The van der Waals surface area contributed by atoms with Crippen LogP contribution in [0.1, 0.15) is 13.8 Å². The van der Waals surface area contributed by atoms with Gasteiger partial charge in [0.2, 0.25) is 0 Å². The summed E-state index contributed by atoms with van der Waals surface area (Å²) < 4.78 is 46.9. The van der Waals surface area contributed by atoms with Crippen molar-refractivity contribution in [3.8, 4) is 0 Å². The second kappa shape index (κ2) is 3.55. The van der Waals surface area contributed by atoms with Gasteiger partial charge >= 0.3 is 0 Å². The van der Waals surface area contributed by atoms with E-state index in [4.69, 9.17) is 11.6 Å². The minimum Gasteiger partial charge on any atom is -0.101 e. The molecule has 11 heavy (non-hydrogen) atoms. The van der Waals surface area contributed by atoms with Crippen LogP contribution in [-0.2, 0) is 0 Å². The molecular weight excluding hydrogens is 188 g/mol. The van der Waals surface area contributed by atoms with Gasteiger partial charge in [0.15, 0.2) is 5.00 Å². The molecule has 0 saturated carbocycles. The first kappa shape index (κ1) is 10.9. The van der Waals surface area contributed by atoms with Crippen LogP contribution < -0.4 is 0 Å². The first-order valence-electron chi connectivity index (χ1n) is 2.71. The minimum absolute atomic E-state index is 0.797. The molecule has 0 spiro atoms. The highest BCUT2D eigenvalue weighted by molar-refractivity contribution is 6.23. The zero-order chi connectivity index (χ0) is 9.23. The summed E-state index contributed by atoms with van der Waals surface area (Å²) in [5.41, 5.74) is 0. The van der Waals surface area contributed by atoms with Crippen molar-refractivity contribution in [2.45, 2.75) is 24.9 Å². The predicted octanol–water partition coefficient (Wildman–Crippen LogP) is 2.47. The Balaban J connectivity index is 4.29. The lowest BCUT2D eigenvalue weighted by molar-refractivity contribution is -0.263. The predicted molar refractivity (Wildman–Crippen MR) is 31.8 cm³/mol. The average molecular weight is 195 g/mol. The lowest BCUT2D eigenvalue weighted by Crippen LogP contribution is -2.45. The summed E-state index contributed by atoms with van der Waals surface area (Å²) in [5, 5.41) is -2.81. The molecule has 2 nitrogen and oxygen atoms in total. The maximum atomic E-state index is 11.8. The Morgan fingerprint density at radius 1 is 1.27 bits per heavy atom. The van der Waals surface area contributed by atoms with Crippen LogP contribution in [0.15, 0.2) is 0 Å². The van der Waals surface area contributed by atoms with E-state index in [0.717, 1.165) is 13.8 Å². The lowest BCUT2D eigenvalue weighted by Gasteiger charge is -2.27. The average Bonchev–Trinajstić information content (AvgIpc) is 1.85. The lowest BCUT2D eigenvalue weighted by atomic mass is 10.2. The van der Waals surface area contributed by atoms with Gasteiger partial charge in [-0.2, -0.15) is 0 Å². The Bertz CT molecular complexity index is 129. The van der Waals surface area contributed by atoms with Crippen molar-refractivity contribution in [1.82, 2.24) is 10.7 Å².